The van der Waals surface area contributed by atoms with E-state index in [9.17, 15) is 5.11 Å². The zero-order valence-corrected chi connectivity index (χ0v) is 9.62. The summed E-state index contributed by atoms with van der Waals surface area (Å²) in [5.41, 5.74) is 1.38. The highest BCUT2D eigenvalue weighted by atomic mass is 127. The molecule has 0 unspecified atom stereocenters. The zero-order chi connectivity index (χ0) is 10.0. The van der Waals surface area contributed by atoms with Crippen LogP contribution in [0.4, 0.5) is 0 Å². The zero-order valence-electron chi connectivity index (χ0n) is 7.47. The van der Waals surface area contributed by atoms with E-state index in [2.05, 4.69) is 22.6 Å². The van der Waals surface area contributed by atoms with Crippen molar-refractivity contribution >= 4 is 22.6 Å². The first-order valence-corrected chi connectivity index (χ1v) is 4.85. The summed E-state index contributed by atoms with van der Waals surface area (Å²) in [7, 11) is 1.50. The molecule has 0 bridgehead atoms. The molecule has 0 amide bonds. The predicted molar refractivity (Wildman–Crippen MR) is 58.0 cm³/mol. The fraction of sp³-hybridized carbons (Fsp3) is 0.333. The number of rotatable bonds is 2. The Bertz CT molecular complexity index is 295. The number of ether oxygens (including phenoxy) is 1. The number of hydrogen-bond acceptors (Lipinski definition) is 3. The third-order valence-electron chi connectivity index (χ3n) is 1.85. The van der Waals surface area contributed by atoms with Crippen LogP contribution in [0.5, 0.6) is 11.5 Å². The highest BCUT2D eigenvalue weighted by Crippen LogP contribution is 2.36. The molecule has 0 atom stereocenters. The van der Waals surface area contributed by atoms with Crippen molar-refractivity contribution in [2.75, 3.05) is 7.11 Å². The molecule has 0 saturated heterocycles. The van der Waals surface area contributed by atoms with Crippen LogP contribution in [0.2, 0.25) is 0 Å². The van der Waals surface area contributed by atoms with E-state index in [1.807, 2.05) is 13.0 Å². The number of aryl methyl sites for hydroxylation is 1. The molecule has 1 aromatic rings. The van der Waals surface area contributed by atoms with Crippen LogP contribution in [0.25, 0.3) is 0 Å². The van der Waals surface area contributed by atoms with Gasteiger partial charge in [-0.25, -0.2) is 0 Å². The van der Waals surface area contributed by atoms with Gasteiger partial charge in [-0.05, 0) is 41.1 Å². The first kappa shape index (κ1) is 10.6. The Morgan fingerprint density at radius 1 is 1.54 bits per heavy atom. The normalized spacial score (nSPS) is 10.2. The lowest BCUT2D eigenvalue weighted by atomic mass is 10.1. The molecule has 1 aromatic carbocycles. The lowest BCUT2D eigenvalue weighted by Gasteiger charge is -2.11. The predicted octanol–water partition coefficient (Wildman–Crippen LogP) is 1.81. The Hall–Kier alpha value is -0.490. The van der Waals surface area contributed by atoms with Crippen molar-refractivity contribution in [2.45, 2.75) is 13.5 Å². The molecule has 0 aromatic heterocycles. The molecular formula is C9H11IO3. The molecule has 4 heteroatoms. The highest BCUT2D eigenvalue weighted by Gasteiger charge is 2.13. The fourth-order valence-electron chi connectivity index (χ4n) is 1.19. The molecule has 0 saturated carbocycles. The Morgan fingerprint density at radius 3 is 2.62 bits per heavy atom. The minimum absolute atomic E-state index is 0.0365. The van der Waals surface area contributed by atoms with Crippen molar-refractivity contribution in [3.63, 3.8) is 0 Å². The Balaban J connectivity index is 3.39. The molecule has 2 N–H and O–H groups in total. The van der Waals surface area contributed by atoms with Gasteiger partial charge < -0.3 is 14.9 Å². The van der Waals surface area contributed by atoms with Crippen molar-refractivity contribution in [1.29, 1.82) is 0 Å². The lowest BCUT2D eigenvalue weighted by Crippen LogP contribution is -1.95. The number of phenols is 1. The van der Waals surface area contributed by atoms with Crippen molar-refractivity contribution in [1.82, 2.24) is 0 Å². The maximum Gasteiger partial charge on any atom is 0.164 e. The smallest absolute Gasteiger partial charge is 0.164 e. The molecule has 3 nitrogen and oxygen atoms in total. The van der Waals surface area contributed by atoms with Gasteiger partial charge in [0.2, 0.25) is 0 Å². The van der Waals surface area contributed by atoms with E-state index in [1.54, 1.807) is 0 Å². The lowest BCUT2D eigenvalue weighted by molar-refractivity contribution is 0.271. The summed E-state index contributed by atoms with van der Waals surface area (Å²) in [6.45, 7) is 1.67. The van der Waals surface area contributed by atoms with E-state index in [0.717, 1.165) is 9.13 Å². The number of benzene rings is 1. The van der Waals surface area contributed by atoms with Gasteiger partial charge in [0.05, 0.1) is 13.7 Å². The van der Waals surface area contributed by atoms with Crippen molar-refractivity contribution in [2.24, 2.45) is 0 Å². The van der Waals surface area contributed by atoms with Crippen molar-refractivity contribution in [3.05, 3.63) is 20.8 Å². The van der Waals surface area contributed by atoms with Gasteiger partial charge in [0.25, 0.3) is 0 Å². The first-order valence-electron chi connectivity index (χ1n) is 3.77. The van der Waals surface area contributed by atoms with Crippen LogP contribution in [0.15, 0.2) is 6.07 Å². The van der Waals surface area contributed by atoms with Gasteiger partial charge in [0.1, 0.15) is 0 Å². The molecule has 1 rings (SSSR count). The van der Waals surface area contributed by atoms with Crippen LogP contribution in [0, 0.1) is 10.5 Å². The molecule has 0 spiro atoms. The van der Waals surface area contributed by atoms with Crippen molar-refractivity contribution in [3.8, 4) is 11.5 Å². The maximum atomic E-state index is 9.66. The number of halogens is 1. The molecule has 0 fully saturated rings. The number of aromatic hydroxyl groups is 1. The maximum absolute atomic E-state index is 9.66. The van der Waals surface area contributed by atoms with E-state index in [4.69, 9.17) is 9.84 Å². The van der Waals surface area contributed by atoms with E-state index in [1.165, 1.54) is 7.11 Å². The van der Waals surface area contributed by atoms with Crippen LogP contribution in [-0.2, 0) is 6.61 Å². The summed E-state index contributed by atoms with van der Waals surface area (Å²) in [5, 5.41) is 18.7. The van der Waals surface area contributed by atoms with Gasteiger partial charge in [-0.1, -0.05) is 0 Å². The fourth-order valence-corrected chi connectivity index (χ4v) is 2.08. The minimum Gasteiger partial charge on any atom is -0.504 e. The minimum atomic E-state index is -0.180. The van der Waals surface area contributed by atoms with Gasteiger partial charge in [0, 0.05) is 9.13 Å². The molecule has 0 aliphatic carbocycles. The highest BCUT2D eigenvalue weighted by molar-refractivity contribution is 14.1. The molecular weight excluding hydrogens is 283 g/mol. The third-order valence-corrected chi connectivity index (χ3v) is 2.82. The Labute approximate surface area is 90.5 Å². The quantitative estimate of drug-likeness (QED) is 0.818. The largest absolute Gasteiger partial charge is 0.504 e. The number of methoxy groups -OCH3 is 1. The van der Waals surface area contributed by atoms with Crippen LogP contribution < -0.4 is 4.74 Å². The second-order valence-electron chi connectivity index (χ2n) is 2.69. The Kier molecular flexibility index (Phi) is 3.38. The van der Waals surface area contributed by atoms with Gasteiger partial charge in [0.15, 0.2) is 11.5 Å². The topological polar surface area (TPSA) is 49.7 Å². The van der Waals surface area contributed by atoms with Gasteiger partial charge in [-0.2, -0.15) is 0 Å². The second kappa shape index (κ2) is 4.15. The summed E-state index contributed by atoms with van der Waals surface area (Å²) >= 11 is 2.07. The van der Waals surface area contributed by atoms with E-state index in [0.29, 0.717) is 11.3 Å². The Morgan fingerprint density at radius 2 is 2.15 bits per heavy atom. The molecule has 0 aliphatic heterocycles. The third kappa shape index (κ3) is 1.88. The molecule has 72 valence electrons. The van der Waals surface area contributed by atoms with Crippen molar-refractivity contribution < 1.29 is 14.9 Å². The number of hydrogen-bond donors (Lipinski definition) is 2. The second-order valence-corrected chi connectivity index (χ2v) is 3.86. The van der Waals surface area contributed by atoms with Crippen LogP contribution in [0.3, 0.4) is 0 Å². The monoisotopic (exact) mass is 294 g/mol. The van der Waals surface area contributed by atoms with Gasteiger partial charge >= 0.3 is 0 Å². The SMILES string of the molecule is COc1c(C)cc(I)c(CO)c1O. The molecule has 0 heterocycles. The number of aliphatic hydroxyl groups excluding tert-OH is 1. The number of aliphatic hydroxyl groups is 1. The average molecular weight is 294 g/mol. The van der Waals surface area contributed by atoms with E-state index >= 15 is 0 Å². The standard InChI is InChI=1S/C9H11IO3/c1-5-3-7(10)6(4-11)8(12)9(5)13-2/h3,11-12H,4H2,1-2H3. The summed E-state index contributed by atoms with van der Waals surface area (Å²) in [4.78, 5) is 0. The van der Waals surface area contributed by atoms with Crippen LogP contribution in [0.1, 0.15) is 11.1 Å². The van der Waals surface area contributed by atoms with Gasteiger partial charge in [-0.3, -0.25) is 0 Å². The summed E-state index contributed by atoms with van der Waals surface area (Å²) in [6, 6.07) is 1.87. The summed E-state index contributed by atoms with van der Waals surface area (Å²) in [6.07, 6.45) is 0. The molecule has 13 heavy (non-hydrogen) atoms. The van der Waals surface area contributed by atoms with E-state index < -0.39 is 0 Å². The van der Waals surface area contributed by atoms with Crippen LogP contribution >= 0.6 is 22.6 Å². The first-order chi connectivity index (χ1) is 6.11. The van der Waals surface area contributed by atoms with E-state index in [-0.39, 0.29) is 12.4 Å². The average Bonchev–Trinajstić information content (AvgIpc) is 2.04. The summed E-state index contributed by atoms with van der Waals surface area (Å²) < 4.78 is 5.85. The molecule has 0 aliphatic rings. The van der Waals surface area contributed by atoms with Crippen LogP contribution in [-0.4, -0.2) is 17.3 Å². The summed E-state index contributed by atoms with van der Waals surface area (Å²) in [5.74, 6) is 0.471. The van der Waals surface area contributed by atoms with Gasteiger partial charge in [-0.15, -0.1) is 0 Å². The molecule has 0 radical (unpaired) electrons.